The molecule has 2 aliphatic rings. The molecule has 2 N–H and O–H groups in total. The van der Waals surface area contributed by atoms with Crippen LogP contribution in [-0.2, 0) is 6.61 Å². The Hall–Kier alpha value is -1.52. The molecule has 4 heteroatoms. The van der Waals surface area contributed by atoms with Crippen molar-refractivity contribution < 1.29 is 5.11 Å². The van der Waals surface area contributed by atoms with Gasteiger partial charge in [0.25, 0.3) is 0 Å². The summed E-state index contributed by atoms with van der Waals surface area (Å²) in [7, 11) is 0. The summed E-state index contributed by atoms with van der Waals surface area (Å²) >= 11 is 0. The number of nitrogens with zero attached hydrogens (tertiary/aromatic N) is 2. The minimum absolute atomic E-state index is 0.0480. The second-order valence-electron chi connectivity index (χ2n) is 5.28. The SMILES string of the molecule is OCc1cnc2cc3c(cc2n1)[C@H]1CNC[C@@H]3C1. The Balaban J connectivity index is 1.94. The van der Waals surface area contributed by atoms with Gasteiger partial charge in [-0.3, -0.25) is 4.98 Å². The summed E-state index contributed by atoms with van der Waals surface area (Å²) in [5.41, 5.74) is 5.37. The molecule has 1 aliphatic heterocycles. The molecular formula is C14H15N3O. The first kappa shape index (κ1) is 10.4. The summed E-state index contributed by atoms with van der Waals surface area (Å²) in [4.78, 5) is 8.85. The van der Waals surface area contributed by atoms with Crippen LogP contribution in [0.15, 0.2) is 18.3 Å². The van der Waals surface area contributed by atoms with E-state index in [1.807, 2.05) is 0 Å². The smallest absolute Gasteiger partial charge is 0.0894 e. The second kappa shape index (κ2) is 3.73. The van der Waals surface area contributed by atoms with Gasteiger partial charge in [0.15, 0.2) is 0 Å². The van der Waals surface area contributed by atoms with Crippen LogP contribution in [0, 0.1) is 0 Å². The van der Waals surface area contributed by atoms with Crippen molar-refractivity contribution in [2.45, 2.75) is 24.9 Å². The molecular weight excluding hydrogens is 226 g/mol. The lowest BCUT2D eigenvalue weighted by Crippen LogP contribution is -2.28. The molecule has 92 valence electrons. The first-order valence-electron chi connectivity index (χ1n) is 6.46. The van der Waals surface area contributed by atoms with Gasteiger partial charge >= 0.3 is 0 Å². The molecule has 0 unspecified atom stereocenters. The van der Waals surface area contributed by atoms with Gasteiger partial charge in [0.2, 0.25) is 0 Å². The maximum Gasteiger partial charge on any atom is 0.0894 e. The molecule has 0 spiro atoms. The number of rotatable bonds is 1. The quantitative estimate of drug-likeness (QED) is 0.790. The van der Waals surface area contributed by atoms with Crippen LogP contribution in [0.3, 0.4) is 0 Å². The van der Waals surface area contributed by atoms with Gasteiger partial charge in [0.1, 0.15) is 0 Å². The minimum Gasteiger partial charge on any atom is -0.390 e. The third-order valence-electron chi connectivity index (χ3n) is 4.19. The van der Waals surface area contributed by atoms with Crippen molar-refractivity contribution in [2.75, 3.05) is 13.1 Å². The monoisotopic (exact) mass is 241 g/mol. The van der Waals surface area contributed by atoms with Crippen molar-refractivity contribution in [1.29, 1.82) is 0 Å². The summed E-state index contributed by atoms with van der Waals surface area (Å²) in [5, 5.41) is 12.6. The number of aromatic nitrogens is 2. The molecule has 0 saturated carbocycles. The number of benzene rings is 1. The van der Waals surface area contributed by atoms with E-state index >= 15 is 0 Å². The van der Waals surface area contributed by atoms with E-state index in [4.69, 9.17) is 5.11 Å². The standard InChI is InChI=1S/C14H15N3O/c18-7-10-6-16-13-2-11-8-1-9(5-15-4-8)12(11)3-14(13)17-10/h2-3,6,8-9,15,18H,1,4-5,7H2/t8-,9+/m0/s1. The molecule has 0 amide bonds. The van der Waals surface area contributed by atoms with E-state index in [1.165, 1.54) is 17.5 Å². The highest BCUT2D eigenvalue weighted by molar-refractivity contribution is 5.77. The zero-order valence-electron chi connectivity index (χ0n) is 10.1. The zero-order chi connectivity index (χ0) is 12.1. The molecule has 2 heterocycles. The maximum atomic E-state index is 9.13. The Morgan fingerprint density at radius 1 is 1.17 bits per heavy atom. The Labute approximate surface area is 105 Å². The summed E-state index contributed by atoms with van der Waals surface area (Å²) < 4.78 is 0. The van der Waals surface area contributed by atoms with Crippen LogP contribution in [0.2, 0.25) is 0 Å². The molecule has 2 atom stereocenters. The Morgan fingerprint density at radius 2 is 1.89 bits per heavy atom. The van der Waals surface area contributed by atoms with Crippen molar-refractivity contribution >= 4 is 11.0 Å². The maximum absolute atomic E-state index is 9.13. The molecule has 1 saturated heterocycles. The van der Waals surface area contributed by atoms with E-state index < -0.39 is 0 Å². The molecule has 0 radical (unpaired) electrons. The molecule has 2 aromatic rings. The molecule has 1 aromatic heterocycles. The van der Waals surface area contributed by atoms with Crippen molar-refractivity contribution in [2.24, 2.45) is 0 Å². The van der Waals surface area contributed by atoms with E-state index in [9.17, 15) is 0 Å². The van der Waals surface area contributed by atoms with Crippen molar-refractivity contribution in [3.8, 4) is 0 Å². The number of piperidine rings is 1. The van der Waals surface area contributed by atoms with Gasteiger partial charge in [0, 0.05) is 13.1 Å². The topological polar surface area (TPSA) is 58.0 Å². The lowest BCUT2D eigenvalue weighted by Gasteiger charge is -2.19. The van der Waals surface area contributed by atoms with E-state index in [0.717, 1.165) is 24.1 Å². The lowest BCUT2D eigenvalue weighted by atomic mass is 9.98. The summed E-state index contributed by atoms with van der Waals surface area (Å²) in [6, 6.07) is 4.37. The van der Waals surface area contributed by atoms with Crippen molar-refractivity contribution in [3.05, 3.63) is 35.2 Å². The number of aliphatic hydroxyl groups is 1. The first-order valence-corrected chi connectivity index (χ1v) is 6.46. The van der Waals surface area contributed by atoms with Gasteiger partial charge < -0.3 is 10.4 Å². The van der Waals surface area contributed by atoms with Gasteiger partial charge in [-0.25, -0.2) is 4.98 Å². The van der Waals surface area contributed by atoms with Crippen molar-refractivity contribution in [1.82, 2.24) is 15.3 Å². The van der Waals surface area contributed by atoms with Crippen LogP contribution >= 0.6 is 0 Å². The fourth-order valence-corrected chi connectivity index (χ4v) is 3.33. The molecule has 18 heavy (non-hydrogen) atoms. The highest BCUT2D eigenvalue weighted by atomic mass is 16.3. The third-order valence-corrected chi connectivity index (χ3v) is 4.19. The van der Waals surface area contributed by atoms with Gasteiger partial charge in [0.05, 0.1) is 29.5 Å². The van der Waals surface area contributed by atoms with Gasteiger partial charge in [-0.05, 0) is 41.5 Å². The largest absolute Gasteiger partial charge is 0.390 e. The fourth-order valence-electron chi connectivity index (χ4n) is 3.33. The first-order chi connectivity index (χ1) is 8.85. The second-order valence-corrected chi connectivity index (χ2v) is 5.28. The highest BCUT2D eigenvalue weighted by Crippen LogP contribution is 2.44. The van der Waals surface area contributed by atoms with Crippen LogP contribution in [0.4, 0.5) is 0 Å². The number of fused-ring (bicyclic) bond motifs is 6. The summed E-state index contributed by atoms with van der Waals surface area (Å²) in [5.74, 6) is 1.27. The van der Waals surface area contributed by atoms with Gasteiger partial charge in [-0.1, -0.05) is 0 Å². The van der Waals surface area contributed by atoms with Crippen LogP contribution in [-0.4, -0.2) is 28.2 Å². The Kier molecular flexibility index (Phi) is 2.16. The summed E-state index contributed by atoms with van der Waals surface area (Å²) in [6.07, 6.45) is 2.92. The molecule has 2 bridgehead atoms. The predicted octanol–water partition coefficient (Wildman–Crippen LogP) is 1.30. The third kappa shape index (κ3) is 1.39. The number of aliphatic hydroxyl groups excluding tert-OH is 1. The molecule has 1 aromatic carbocycles. The predicted molar refractivity (Wildman–Crippen MR) is 68.4 cm³/mol. The minimum atomic E-state index is -0.0480. The molecule has 1 fully saturated rings. The summed E-state index contributed by atoms with van der Waals surface area (Å²) in [6.45, 7) is 2.10. The van der Waals surface area contributed by atoms with Gasteiger partial charge in [-0.2, -0.15) is 0 Å². The number of nitrogens with one attached hydrogen (secondary N) is 1. The Bertz CT molecular complexity index is 626. The normalized spacial score (nSPS) is 25.4. The lowest BCUT2D eigenvalue weighted by molar-refractivity contribution is 0.277. The van der Waals surface area contributed by atoms with E-state index in [2.05, 4.69) is 27.4 Å². The highest BCUT2D eigenvalue weighted by Gasteiger charge is 2.34. The van der Waals surface area contributed by atoms with Crippen LogP contribution in [0.5, 0.6) is 0 Å². The van der Waals surface area contributed by atoms with Crippen LogP contribution in [0.25, 0.3) is 11.0 Å². The van der Waals surface area contributed by atoms with E-state index in [0.29, 0.717) is 17.5 Å². The molecule has 1 aliphatic carbocycles. The molecule has 4 rings (SSSR count). The zero-order valence-corrected chi connectivity index (χ0v) is 10.1. The van der Waals surface area contributed by atoms with E-state index in [1.54, 1.807) is 6.20 Å². The van der Waals surface area contributed by atoms with Crippen LogP contribution in [0.1, 0.15) is 35.1 Å². The average Bonchev–Trinajstić information content (AvgIpc) is 2.67. The van der Waals surface area contributed by atoms with Crippen LogP contribution < -0.4 is 5.32 Å². The van der Waals surface area contributed by atoms with E-state index in [-0.39, 0.29) is 6.61 Å². The fraction of sp³-hybridized carbons (Fsp3) is 0.429. The van der Waals surface area contributed by atoms with Gasteiger partial charge in [-0.15, -0.1) is 0 Å². The number of hydrogen-bond donors (Lipinski definition) is 2. The van der Waals surface area contributed by atoms with Crippen molar-refractivity contribution in [3.63, 3.8) is 0 Å². The number of hydrogen-bond acceptors (Lipinski definition) is 4. The average molecular weight is 241 g/mol. The molecule has 4 nitrogen and oxygen atoms in total. The Morgan fingerprint density at radius 3 is 2.61 bits per heavy atom.